The van der Waals surface area contributed by atoms with Crippen molar-refractivity contribution in [3.05, 3.63) is 24.7 Å². The number of hydrogen-bond donors (Lipinski definition) is 2. The molecular weight excluding hydrogens is 242 g/mol. The van der Waals surface area contributed by atoms with Crippen molar-refractivity contribution in [1.29, 1.82) is 0 Å². The second kappa shape index (κ2) is 4.20. The molecule has 0 saturated heterocycles. The molecule has 96 valence electrons. The van der Waals surface area contributed by atoms with E-state index in [-0.39, 0.29) is 0 Å². The third kappa shape index (κ3) is 1.95. The van der Waals surface area contributed by atoms with Gasteiger partial charge in [-0.3, -0.25) is 0 Å². The molecule has 3 N–H and O–H groups in total. The summed E-state index contributed by atoms with van der Waals surface area (Å²) in [5, 5.41) is 0. The summed E-state index contributed by atoms with van der Waals surface area (Å²) in [5.41, 5.74) is 8.83. The number of nitrogens with zero attached hydrogens (tertiary/aromatic N) is 5. The fraction of sp³-hybridized carbons (Fsp3) is 0.167. The Morgan fingerprint density at radius 1 is 1.16 bits per heavy atom. The van der Waals surface area contributed by atoms with E-state index in [1.165, 1.54) is 0 Å². The fourth-order valence-corrected chi connectivity index (χ4v) is 1.76. The van der Waals surface area contributed by atoms with Gasteiger partial charge in [0.2, 0.25) is 5.95 Å². The number of fused-ring (bicyclic) bond motifs is 1. The molecule has 0 unspecified atom stereocenters. The summed E-state index contributed by atoms with van der Waals surface area (Å²) in [6.45, 7) is 0. The maximum absolute atomic E-state index is 5.96. The first kappa shape index (κ1) is 11.4. The molecule has 7 heteroatoms. The SMILES string of the molecule is CN(C)c1ncc(-c2cnc3[nH]ccc3n2)c(N)n1. The van der Waals surface area contributed by atoms with E-state index in [4.69, 9.17) is 5.73 Å². The standard InChI is InChI=1S/C12H13N7/c1-19(2)12-16-5-7(10(13)18-12)9-6-15-11-8(17-9)3-4-14-11/h3-6H,1-2H3,(H,14,15)(H2,13,16,18). The van der Waals surface area contributed by atoms with Crippen LogP contribution in [-0.2, 0) is 0 Å². The molecule has 7 nitrogen and oxygen atoms in total. The molecule has 0 aromatic carbocycles. The molecule has 0 atom stereocenters. The smallest absolute Gasteiger partial charge is 0.226 e. The third-order valence-corrected chi connectivity index (χ3v) is 2.74. The zero-order chi connectivity index (χ0) is 13.4. The first-order valence-corrected chi connectivity index (χ1v) is 5.75. The van der Waals surface area contributed by atoms with Crippen LogP contribution in [0.4, 0.5) is 11.8 Å². The second-order valence-electron chi connectivity index (χ2n) is 4.33. The Bertz CT molecular complexity index is 732. The van der Waals surface area contributed by atoms with E-state index in [9.17, 15) is 0 Å². The van der Waals surface area contributed by atoms with Gasteiger partial charge in [0.05, 0.1) is 17.5 Å². The first-order chi connectivity index (χ1) is 9.15. The van der Waals surface area contributed by atoms with Crippen molar-refractivity contribution < 1.29 is 0 Å². The molecule has 0 amide bonds. The van der Waals surface area contributed by atoms with E-state index in [0.29, 0.717) is 23.0 Å². The van der Waals surface area contributed by atoms with E-state index in [1.54, 1.807) is 23.5 Å². The maximum Gasteiger partial charge on any atom is 0.226 e. The Kier molecular flexibility index (Phi) is 2.52. The number of anilines is 2. The maximum atomic E-state index is 5.96. The Labute approximate surface area is 109 Å². The van der Waals surface area contributed by atoms with Crippen molar-refractivity contribution >= 4 is 22.9 Å². The topological polar surface area (TPSA) is 96.6 Å². The normalized spacial score (nSPS) is 10.8. The predicted octanol–water partition coefficient (Wildman–Crippen LogP) is 1.06. The van der Waals surface area contributed by atoms with Gasteiger partial charge in [-0.2, -0.15) is 4.98 Å². The molecule has 0 radical (unpaired) electrons. The van der Waals surface area contributed by atoms with Crippen LogP contribution in [0.15, 0.2) is 24.7 Å². The summed E-state index contributed by atoms with van der Waals surface area (Å²) in [4.78, 5) is 22.0. The summed E-state index contributed by atoms with van der Waals surface area (Å²) in [6, 6.07) is 1.86. The van der Waals surface area contributed by atoms with Gasteiger partial charge < -0.3 is 15.6 Å². The number of H-pyrrole nitrogens is 1. The number of aromatic amines is 1. The number of hydrogen-bond acceptors (Lipinski definition) is 6. The summed E-state index contributed by atoms with van der Waals surface area (Å²) >= 11 is 0. The van der Waals surface area contributed by atoms with Gasteiger partial charge in [0, 0.05) is 26.5 Å². The Balaban J connectivity index is 2.10. The lowest BCUT2D eigenvalue weighted by Gasteiger charge is -2.11. The number of nitrogen functional groups attached to an aromatic ring is 1. The van der Waals surface area contributed by atoms with Crippen molar-refractivity contribution in [3.8, 4) is 11.3 Å². The lowest BCUT2D eigenvalue weighted by molar-refractivity contribution is 1.00. The monoisotopic (exact) mass is 255 g/mol. The van der Waals surface area contributed by atoms with Crippen LogP contribution in [0.25, 0.3) is 22.4 Å². The highest BCUT2D eigenvalue weighted by atomic mass is 15.2. The molecule has 0 spiro atoms. The van der Waals surface area contributed by atoms with Crippen LogP contribution in [-0.4, -0.2) is 39.0 Å². The van der Waals surface area contributed by atoms with Gasteiger partial charge in [0.15, 0.2) is 5.65 Å². The van der Waals surface area contributed by atoms with E-state index in [2.05, 4.69) is 24.9 Å². The lowest BCUT2D eigenvalue weighted by Crippen LogP contribution is -2.13. The number of aromatic nitrogens is 5. The fourth-order valence-electron chi connectivity index (χ4n) is 1.76. The third-order valence-electron chi connectivity index (χ3n) is 2.74. The van der Waals surface area contributed by atoms with Crippen LogP contribution in [0.1, 0.15) is 0 Å². The average molecular weight is 255 g/mol. The van der Waals surface area contributed by atoms with Crippen molar-refractivity contribution in [3.63, 3.8) is 0 Å². The highest BCUT2D eigenvalue weighted by molar-refractivity contribution is 5.77. The summed E-state index contributed by atoms with van der Waals surface area (Å²) < 4.78 is 0. The van der Waals surface area contributed by atoms with Gasteiger partial charge >= 0.3 is 0 Å². The molecule has 19 heavy (non-hydrogen) atoms. The van der Waals surface area contributed by atoms with Crippen LogP contribution in [0.2, 0.25) is 0 Å². The van der Waals surface area contributed by atoms with Gasteiger partial charge in [0.1, 0.15) is 11.3 Å². The average Bonchev–Trinajstić information content (AvgIpc) is 2.85. The molecule has 3 aromatic heterocycles. The van der Waals surface area contributed by atoms with Gasteiger partial charge in [0.25, 0.3) is 0 Å². The van der Waals surface area contributed by atoms with Gasteiger partial charge in [-0.05, 0) is 6.07 Å². The van der Waals surface area contributed by atoms with Crippen molar-refractivity contribution in [2.75, 3.05) is 24.7 Å². The van der Waals surface area contributed by atoms with Crippen LogP contribution in [0.5, 0.6) is 0 Å². The summed E-state index contributed by atoms with van der Waals surface area (Å²) in [7, 11) is 3.72. The highest BCUT2D eigenvalue weighted by Gasteiger charge is 2.10. The molecular formula is C12H13N7. The van der Waals surface area contributed by atoms with Gasteiger partial charge in [-0.1, -0.05) is 0 Å². The minimum absolute atomic E-state index is 0.392. The van der Waals surface area contributed by atoms with Crippen molar-refractivity contribution in [2.45, 2.75) is 0 Å². The van der Waals surface area contributed by atoms with Crippen LogP contribution in [0, 0.1) is 0 Å². The minimum Gasteiger partial charge on any atom is -0.383 e. The molecule has 0 aliphatic heterocycles. The highest BCUT2D eigenvalue weighted by Crippen LogP contribution is 2.23. The zero-order valence-corrected chi connectivity index (χ0v) is 10.6. The zero-order valence-electron chi connectivity index (χ0n) is 10.6. The largest absolute Gasteiger partial charge is 0.383 e. The number of nitrogens with one attached hydrogen (secondary N) is 1. The molecule has 0 bridgehead atoms. The second-order valence-corrected chi connectivity index (χ2v) is 4.33. The Morgan fingerprint density at radius 3 is 2.74 bits per heavy atom. The van der Waals surface area contributed by atoms with Crippen molar-refractivity contribution in [1.82, 2.24) is 24.9 Å². The lowest BCUT2D eigenvalue weighted by atomic mass is 10.2. The van der Waals surface area contributed by atoms with E-state index in [1.807, 2.05) is 20.2 Å². The molecule has 0 aliphatic rings. The molecule has 0 aliphatic carbocycles. The summed E-state index contributed by atoms with van der Waals surface area (Å²) in [5.74, 6) is 0.958. The van der Waals surface area contributed by atoms with Crippen LogP contribution in [0.3, 0.4) is 0 Å². The number of rotatable bonds is 2. The van der Waals surface area contributed by atoms with E-state index >= 15 is 0 Å². The van der Waals surface area contributed by atoms with Gasteiger partial charge in [-0.25, -0.2) is 15.0 Å². The van der Waals surface area contributed by atoms with E-state index < -0.39 is 0 Å². The van der Waals surface area contributed by atoms with Crippen LogP contribution < -0.4 is 10.6 Å². The first-order valence-electron chi connectivity index (χ1n) is 5.75. The molecule has 0 fully saturated rings. The molecule has 3 aromatic rings. The van der Waals surface area contributed by atoms with Crippen LogP contribution >= 0.6 is 0 Å². The molecule has 0 saturated carbocycles. The predicted molar refractivity (Wildman–Crippen MR) is 73.7 cm³/mol. The minimum atomic E-state index is 0.392. The van der Waals surface area contributed by atoms with E-state index in [0.717, 1.165) is 11.2 Å². The Morgan fingerprint density at radius 2 is 2.00 bits per heavy atom. The Hall–Kier alpha value is -2.70. The molecule has 3 heterocycles. The van der Waals surface area contributed by atoms with Gasteiger partial charge in [-0.15, -0.1) is 0 Å². The summed E-state index contributed by atoms with van der Waals surface area (Å²) in [6.07, 6.45) is 5.12. The van der Waals surface area contributed by atoms with Crippen molar-refractivity contribution in [2.24, 2.45) is 0 Å². The number of nitrogens with two attached hydrogens (primary N) is 1. The molecule has 3 rings (SSSR count). The quantitative estimate of drug-likeness (QED) is 0.710.